The second-order valence-corrected chi connectivity index (χ2v) is 14.6. The topological polar surface area (TPSA) is 22.3 Å². The van der Waals surface area contributed by atoms with Crippen LogP contribution in [0.25, 0.3) is 61.1 Å². The van der Waals surface area contributed by atoms with Crippen LogP contribution in [0.3, 0.4) is 0 Å². The van der Waals surface area contributed by atoms with Gasteiger partial charge in [0.15, 0.2) is 6.20 Å². The molecule has 0 fully saturated rings. The molecule has 0 spiro atoms. The second kappa shape index (κ2) is 14.2. The highest BCUT2D eigenvalue weighted by Crippen LogP contribution is 2.47. The number of hydrogen-bond donors (Lipinski definition) is 0. The third-order valence-electron chi connectivity index (χ3n) is 10.0. The number of aromatic nitrogens is 1. The van der Waals surface area contributed by atoms with E-state index in [-0.39, 0.29) is 0 Å². The maximum atomic E-state index is 6.16. The quantitative estimate of drug-likeness (QED) is 0.146. The summed E-state index contributed by atoms with van der Waals surface area (Å²) in [7, 11) is 0. The molecule has 1 aromatic heterocycles. The van der Waals surface area contributed by atoms with Crippen molar-refractivity contribution in [1.82, 2.24) is 0 Å². The Bertz CT molecular complexity index is 2790. The minimum absolute atomic E-state index is 0.807. The molecule has 260 valence electrons. The number of ether oxygens (including phenoxy) is 2. The molecule has 1 aliphatic rings. The van der Waals surface area contributed by atoms with E-state index in [1.54, 1.807) is 0 Å². The van der Waals surface area contributed by atoms with E-state index in [0.717, 1.165) is 45.3 Å². The molecular weight excluding hydrogens is 691 g/mol. The Morgan fingerprint density at radius 1 is 0.364 bits per heavy atom. The van der Waals surface area contributed by atoms with Gasteiger partial charge in [-0.2, -0.15) is 4.57 Å². The Labute approximate surface area is 324 Å². The normalized spacial score (nSPS) is 11.6. The van der Waals surface area contributed by atoms with Crippen molar-refractivity contribution in [3.63, 3.8) is 0 Å². The predicted molar refractivity (Wildman–Crippen MR) is 224 cm³/mol. The van der Waals surface area contributed by atoms with Gasteiger partial charge in [0.1, 0.15) is 23.0 Å². The summed E-state index contributed by atoms with van der Waals surface area (Å²) in [5.41, 5.74) is 11.7. The molecule has 10 rings (SSSR count). The van der Waals surface area contributed by atoms with Crippen molar-refractivity contribution >= 4 is 22.7 Å². The highest BCUT2D eigenvalue weighted by atomic mass is 32.2. The summed E-state index contributed by atoms with van der Waals surface area (Å²) in [6, 6.07) is 69.7. The van der Waals surface area contributed by atoms with Crippen LogP contribution in [0, 0.1) is 0 Å². The smallest absolute Gasteiger partial charge is 0.233 e. The fraction of sp³-hybridized carbons (Fsp3) is 0. The van der Waals surface area contributed by atoms with Crippen molar-refractivity contribution in [3.05, 3.63) is 206 Å². The van der Waals surface area contributed by atoms with E-state index < -0.39 is 0 Å². The Hall–Kier alpha value is -6.88. The van der Waals surface area contributed by atoms with Crippen LogP contribution < -0.4 is 14.0 Å². The van der Waals surface area contributed by atoms with E-state index in [0.29, 0.717) is 0 Å². The van der Waals surface area contributed by atoms with E-state index in [4.69, 9.17) is 9.47 Å². The summed E-state index contributed by atoms with van der Waals surface area (Å²) in [5, 5.41) is 1.21. The van der Waals surface area contributed by atoms with E-state index in [1.807, 2.05) is 84.6 Å². The van der Waals surface area contributed by atoms with E-state index in [1.165, 1.54) is 48.6 Å². The Morgan fingerprint density at radius 3 is 1.42 bits per heavy atom. The van der Waals surface area contributed by atoms with Crippen molar-refractivity contribution in [2.75, 3.05) is 0 Å². The lowest BCUT2D eigenvalue weighted by Crippen LogP contribution is -2.35. The van der Waals surface area contributed by atoms with Crippen LogP contribution in [0.2, 0.25) is 0 Å². The first-order valence-electron chi connectivity index (χ1n) is 18.4. The molecule has 1 aliphatic heterocycles. The number of rotatable bonds is 8. The molecule has 8 aromatic carbocycles. The largest absolute Gasteiger partial charge is 0.457 e. The molecule has 0 atom stereocenters. The van der Waals surface area contributed by atoms with Crippen molar-refractivity contribution in [2.24, 2.45) is 0 Å². The third-order valence-corrected chi connectivity index (χ3v) is 11.1. The molecular formula is C51H34NO2S+. The molecule has 0 saturated heterocycles. The molecule has 0 saturated carbocycles. The summed E-state index contributed by atoms with van der Waals surface area (Å²) in [5.74, 6) is 3.27. The van der Waals surface area contributed by atoms with Gasteiger partial charge in [0.05, 0.1) is 20.7 Å². The first kappa shape index (κ1) is 32.7. The molecule has 0 bridgehead atoms. The van der Waals surface area contributed by atoms with Gasteiger partial charge in [0, 0.05) is 11.6 Å². The number of nitrogens with zero attached hydrogens (tertiary/aromatic N) is 1. The Kier molecular flexibility index (Phi) is 8.43. The van der Waals surface area contributed by atoms with Gasteiger partial charge >= 0.3 is 0 Å². The Morgan fingerprint density at radius 2 is 0.836 bits per heavy atom. The zero-order chi connectivity index (χ0) is 36.6. The number of hydrogen-bond acceptors (Lipinski definition) is 3. The van der Waals surface area contributed by atoms with Gasteiger partial charge in [0.25, 0.3) is 0 Å². The maximum Gasteiger partial charge on any atom is 0.233 e. The number of fused-ring (bicyclic) bond motifs is 2. The van der Waals surface area contributed by atoms with Crippen LogP contribution >= 0.6 is 11.8 Å². The predicted octanol–water partition coefficient (Wildman–Crippen LogP) is 13.8. The summed E-state index contributed by atoms with van der Waals surface area (Å²) in [6.07, 6.45) is 2.34. The van der Waals surface area contributed by atoms with Crippen LogP contribution in [-0.4, -0.2) is 0 Å². The van der Waals surface area contributed by atoms with Gasteiger partial charge in [-0.3, -0.25) is 0 Å². The average molecular weight is 725 g/mol. The number of benzene rings is 8. The molecule has 0 radical (unpaired) electrons. The standard InChI is InChI=1S/C51H34NO2S/c1-5-13-37(14-6-1)46-34-52-47-30-25-39(35-21-26-43(27-22-35)53-41-17-9-3-10-18-41)32-48(47)55-49-33-40(31-45(51(49)52)50(46)38-15-7-2-8-16-38)36-23-28-44(29-24-36)54-42-19-11-4-12-20-42/h1-34H/q+1. The number of para-hydroxylation sites is 2. The third kappa shape index (κ3) is 6.43. The molecule has 2 heterocycles. The lowest BCUT2D eigenvalue weighted by atomic mass is 9.90. The molecule has 55 heavy (non-hydrogen) atoms. The van der Waals surface area contributed by atoms with Gasteiger partial charge in [-0.15, -0.1) is 0 Å². The van der Waals surface area contributed by atoms with Crippen molar-refractivity contribution in [2.45, 2.75) is 9.79 Å². The fourth-order valence-corrected chi connectivity index (χ4v) is 8.59. The van der Waals surface area contributed by atoms with E-state index in [2.05, 4.69) is 138 Å². The van der Waals surface area contributed by atoms with Crippen LogP contribution in [0.4, 0.5) is 0 Å². The van der Waals surface area contributed by atoms with Crippen molar-refractivity contribution < 1.29 is 14.0 Å². The summed E-state index contributed by atoms with van der Waals surface area (Å²) in [4.78, 5) is 2.42. The Balaban J connectivity index is 1.12. The van der Waals surface area contributed by atoms with Crippen molar-refractivity contribution in [1.29, 1.82) is 0 Å². The summed E-state index contributed by atoms with van der Waals surface area (Å²) >= 11 is 1.84. The highest BCUT2D eigenvalue weighted by Gasteiger charge is 2.32. The fourth-order valence-electron chi connectivity index (χ4n) is 7.41. The molecule has 0 aliphatic carbocycles. The molecule has 3 nitrogen and oxygen atoms in total. The first-order valence-corrected chi connectivity index (χ1v) is 19.2. The van der Waals surface area contributed by atoms with Gasteiger partial charge < -0.3 is 9.47 Å². The second-order valence-electron chi connectivity index (χ2n) is 13.6. The van der Waals surface area contributed by atoms with Crippen LogP contribution in [0.15, 0.2) is 216 Å². The summed E-state index contributed by atoms with van der Waals surface area (Å²) in [6.45, 7) is 0. The van der Waals surface area contributed by atoms with E-state index in [9.17, 15) is 0 Å². The zero-order valence-corrected chi connectivity index (χ0v) is 30.6. The molecule has 0 amide bonds. The average Bonchev–Trinajstić information content (AvgIpc) is 3.25. The lowest BCUT2D eigenvalue weighted by Gasteiger charge is -2.21. The minimum atomic E-state index is 0.807. The monoisotopic (exact) mass is 724 g/mol. The lowest BCUT2D eigenvalue weighted by molar-refractivity contribution is -0.571. The molecule has 4 heteroatoms. The molecule has 9 aromatic rings. The van der Waals surface area contributed by atoms with Gasteiger partial charge in [-0.1, -0.05) is 133 Å². The zero-order valence-electron chi connectivity index (χ0n) is 29.8. The molecule has 0 unspecified atom stereocenters. The molecule has 0 N–H and O–H groups in total. The minimum Gasteiger partial charge on any atom is -0.457 e. The first-order chi connectivity index (χ1) is 27.2. The van der Waals surface area contributed by atoms with Crippen LogP contribution in [0.5, 0.6) is 23.0 Å². The maximum absolute atomic E-state index is 6.16. The highest BCUT2D eigenvalue weighted by molar-refractivity contribution is 7.99. The van der Waals surface area contributed by atoms with Crippen LogP contribution in [0.1, 0.15) is 0 Å². The van der Waals surface area contributed by atoms with Crippen LogP contribution in [-0.2, 0) is 0 Å². The number of pyridine rings is 1. The summed E-state index contributed by atoms with van der Waals surface area (Å²) < 4.78 is 14.7. The van der Waals surface area contributed by atoms with Crippen molar-refractivity contribution in [3.8, 4) is 73.2 Å². The van der Waals surface area contributed by atoms with Gasteiger partial charge in [-0.05, 0) is 106 Å². The van der Waals surface area contributed by atoms with Gasteiger partial charge in [0.2, 0.25) is 11.2 Å². The van der Waals surface area contributed by atoms with E-state index >= 15 is 0 Å². The van der Waals surface area contributed by atoms with Gasteiger partial charge in [-0.25, -0.2) is 0 Å². The SMILES string of the molecule is c1ccc(Oc2ccc(-c3ccc4c(c3)Sc3cc(-c5ccc(Oc6ccccc6)cc5)cc5c(-c6ccccc6)c(-c6ccccc6)c[n+]-4c35)cc2)cc1.